The average Bonchev–Trinajstić information content (AvgIpc) is 2.67. The van der Waals surface area contributed by atoms with Crippen LogP contribution in [-0.4, -0.2) is 35.9 Å². The number of aryl methyl sites for hydroxylation is 1. The van der Waals surface area contributed by atoms with E-state index in [1.54, 1.807) is 6.07 Å². The van der Waals surface area contributed by atoms with E-state index in [4.69, 9.17) is 4.74 Å². The lowest BCUT2D eigenvalue weighted by atomic mass is 9.96. The Morgan fingerprint density at radius 1 is 1.61 bits per heavy atom. The molecule has 1 aromatic carbocycles. The summed E-state index contributed by atoms with van der Waals surface area (Å²) in [5.74, 6) is -0.161. The second-order valence-electron chi connectivity index (χ2n) is 4.92. The standard InChI is InChI=1S/C14H19NO3/c1-10-4-3-5-12(8-10)13(16)15-9-14(17)6-7-18-11(14)2/h3-5,8,11,17H,6-7,9H2,1-2H3,(H,15,16). The van der Waals surface area contributed by atoms with E-state index >= 15 is 0 Å². The first-order valence-electron chi connectivity index (χ1n) is 6.20. The molecule has 1 saturated heterocycles. The third-order valence-corrected chi connectivity index (χ3v) is 3.49. The summed E-state index contributed by atoms with van der Waals surface area (Å²) >= 11 is 0. The zero-order chi connectivity index (χ0) is 13.2. The zero-order valence-corrected chi connectivity index (χ0v) is 10.8. The van der Waals surface area contributed by atoms with Crippen molar-refractivity contribution in [2.24, 2.45) is 0 Å². The van der Waals surface area contributed by atoms with Gasteiger partial charge in [0.2, 0.25) is 0 Å². The molecule has 98 valence electrons. The largest absolute Gasteiger partial charge is 0.385 e. The minimum absolute atomic E-state index is 0.161. The number of ether oxygens (including phenoxy) is 1. The van der Waals surface area contributed by atoms with Crippen molar-refractivity contribution in [1.29, 1.82) is 0 Å². The van der Waals surface area contributed by atoms with Crippen LogP contribution in [0.4, 0.5) is 0 Å². The summed E-state index contributed by atoms with van der Waals surface area (Å²) in [5.41, 5.74) is 0.712. The van der Waals surface area contributed by atoms with E-state index in [0.29, 0.717) is 18.6 Å². The van der Waals surface area contributed by atoms with E-state index in [2.05, 4.69) is 5.32 Å². The third-order valence-electron chi connectivity index (χ3n) is 3.49. The van der Waals surface area contributed by atoms with Gasteiger partial charge in [-0.1, -0.05) is 17.7 Å². The Balaban J connectivity index is 1.96. The molecule has 2 rings (SSSR count). The van der Waals surface area contributed by atoms with Crippen LogP contribution in [0.2, 0.25) is 0 Å². The molecule has 4 heteroatoms. The molecule has 0 radical (unpaired) electrons. The fraction of sp³-hybridized carbons (Fsp3) is 0.500. The molecule has 0 spiro atoms. The molecule has 1 aromatic rings. The van der Waals surface area contributed by atoms with Crippen molar-refractivity contribution in [2.75, 3.05) is 13.2 Å². The van der Waals surface area contributed by atoms with Crippen LogP contribution in [0.3, 0.4) is 0 Å². The minimum atomic E-state index is -0.945. The Kier molecular flexibility index (Phi) is 3.68. The van der Waals surface area contributed by atoms with Crippen LogP contribution in [0.1, 0.15) is 29.3 Å². The molecule has 2 N–H and O–H groups in total. The zero-order valence-electron chi connectivity index (χ0n) is 10.8. The summed E-state index contributed by atoms with van der Waals surface area (Å²) < 4.78 is 5.32. The van der Waals surface area contributed by atoms with Crippen molar-refractivity contribution in [3.8, 4) is 0 Å². The maximum Gasteiger partial charge on any atom is 0.251 e. The number of aliphatic hydroxyl groups is 1. The smallest absolute Gasteiger partial charge is 0.251 e. The maximum atomic E-state index is 11.9. The number of hydrogen-bond donors (Lipinski definition) is 2. The normalized spacial score (nSPS) is 27.2. The molecule has 1 aliphatic heterocycles. The molecule has 4 nitrogen and oxygen atoms in total. The van der Waals surface area contributed by atoms with E-state index in [-0.39, 0.29) is 18.6 Å². The van der Waals surface area contributed by atoms with Gasteiger partial charge in [-0.3, -0.25) is 4.79 Å². The predicted molar refractivity (Wildman–Crippen MR) is 68.5 cm³/mol. The van der Waals surface area contributed by atoms with Gasteiger partial charge in [0.15, 0.2) is 0 Å². The molecule has 2 unspecified atom stereocenters. The number of carbonyl (C=O) groups excluding carboxylic acids is 1. The summed E-state index contributed by atoms with van der Waals surface area (Å²) in [5, 5.41) is 13.0. The van der Waals surface area contributed by atoms with E-state index in [1.165, 1.54) is 0 Å². The van der Waals surface area contributed by atoms with Gasteiger partial charge in [0.1, 0.15) is 5.60 Å². The minimum Gasteiger partial charge on any atom is -0.385 e. The predicted octanol–water partition coefficient (Wildman–Crippen LogP) is 1.26. The van der Waals surface area contributed by atoms with Gasteiger partial charge in [-0.25, -0.2) is 0 Å². The molecule has 0 saturated carbocycles. The summed E-state index contributed by atoms with van der Waals surface area (Å²) in [4.78, 5) is 11.9. The monoisotopic (exact) mass is 249 g/mol. The van der Waals surface area contributed by atoms with Gasteiger partial charge in [-0.05, 0) is 26.0 Å². The molecule has 1 fully saturated rings. The third kappa shape index (κ3) is 2.71. The van der Waals surface area contributed by atoms with Gasteiger partial charge < -0.3 is 15.2 Å². The second-order valence-corrected chi connectivity index (χ2v) is 4.92. The Bertz CT molecular complexity index is 446. The first-order valence-corrected chi connectivity index (χ1v) is 6.20. The van der Waals surface area contributed by atoms with Crippen LogP contribution in [0.15, 0.2) is 24.3 Å². The highest BCUT2D eigenvalue weighted by atomic mass is 16.5. The van der Waals surface area contributed by atoms with Crippen molar-refractivity contribution < 1.29 is 14.6 Å². The molecule has 0 aromatic heterocycles. The highest BCUT2D eigenvalue weighted by Crippen LogP contribution is 2.24. The molecule has 1 aliphatic rings. The number of carbonyl (C=O) groups is 1. The Labute approximate surface area is 107 Å². The second kappa shape index (κ2) is 5.08. The summed E-state index contributed by atoms with van der Waals surface area (Å²) in [7, 11) is 0. The van der Waals surface area contributed by atoms with E-state index < -0.39 is 5.60 Å². The fourth-order valence-electron chi connectivity index (χ4n) is 2.12. The van der Waals surface area contributed by atoms with Crippen molar-refractivity contribution in [3.63, 3.8) is 0 Å². The number of nitrogens with one attached hydrogen (secondary N) is 1. The number of benzene rings is 1. The Hall–Kier alpha value is -1.39. The van der Waals surface area contributed by atoms with Crippen molar-refractivity contribution in [3.05, 3.63) is 35.4 Å². The Morgan fingerprint density at radius 2 is 2.39 bits per heavy atom. The molecule has 2 atom stereocenters. The lowest BCUT2D eigenvalue weighted by molar-refractivity contribution is -0.0251. The van der Waals surface area contributed by atoms with Gasteiger partial charge >= 0.3 is 0 Å². The SMILES string of the molecule is Cc1cccc(C(=O)NCC2(O)CCOC2C)c1. The molecule has 0 aliphatic carbocycles. The maximum absolute atomic E-state index is 11.9. The van der Waals surface area contributed by atoms with E-state index in [0.717, 1.165) is 5.56 Å². The van der Waals surface area contributed by atoms with Crippen molar-refractivity contribution >= 4 is 5.91 Å². The average molecular weight is 249 g/mol. The number of rotatable bonds is 3. The van der Waals surface area contributed by atoms with Gasteiger partial charge in [0, 0.05) is 25.1 Å². The highest BCUT2D eigenvalue weighted by molar-refractivity contribution is 5.94. The first kappa shape index (κ1) is 13.1. The quantitative estimate of drug-likeness (QED) is 0.848. The van der Waals surface area contributed by atoms with Gasteiger partial charge in [0.05, 0.1) is 6.10 Å². The highest BCUT2D eigenvalue weighted by Gasteiger charge is 2.39. The molecule has 1 amide bonds. The first-order chi connectivity index (χ1) is 8.51. The van der Waals surface area contributed by atoms with Crippen LogP contribution in [-0.2, 0) is 4.74 Å². The van der Waals surface area contributed by atoms with Crippen LogP contribution in [0.5, 0.6) is 0 Å². The summed E-state index contributed by atoms with van der Waals surface area (Å²) in [6, 6.07) is 7.38. The number of hydrogen-bond acceptors (Lipinski definition) is 3. The molecule has 1 heterocycles. The van der Waals surface area contributed by atoms with E-state index in [9.17, 15) is 9.90 Å². The van der Waals surface area contributed by atoms with Crippen LogP contribution in [0.25, 0.3) is 0 Å². The van der Waals surface area contributed by atoms with Crippen molar-refractivity contribution in [1.82, 2.24) is 5.32 Å². The van der Waals surface area contributed by atoms with Crippen LogP contribution in [0, 0.1) is 6.92 Å². The van der Waals surface area contributed by atoms with E-state index in [1.807, 2.05) is 32.0 Å². The van der Waals surface area contributed by atoms with Gasteiger partial charge in [-0.2, -0.15) is 0 Å². The fourth-order valence-corrected chi connectivity index (χ4v) is 2.12. The van der Waals surface area contributed by atoms with Crippen LogP contribution >= 0.6 is 0 Å². The summed E-state index contributed by atoms with van der Waals surface area (Å²) in [6.07, 6.45) is 0.317. The lowest BCUT2D eigenvalue weighted by Crippen LogP contribution is -2.47. The Morgan fingerprint density at radius 3 is 3.00 bits per heavy atom. The van der Waals surface area contributed by atoms with Gasteiger partial charge in [-0.15, -0.1) is 0 Å². The molecular weight excluding hydrogens is 230 g/mol. The molecule has 18 heavy (non-hydrogen) atoms. The van der Waals surface area contributed by atoms with Crippen molar-refractivity contribution in [2.45, 2.75) is 32.0 Å². The topological polar surface area (TPSA) is 58.6 Å². The molecule has 0 bridgehead atoms. The molecular formula is C14H19NO3. The number of amides is 1. The van der Waals surface area contributed by atoms with Gasteiger partial charge in [0.25, 0.3) is 5.91 Å². The van der Waals surface area contributed by atoms with Crippen LogP contribution < -0.4 is 5.32 Å². The summed E-state index contributed by atoms with van der Waals surface area (Å²) in [6.45, 7) is 4.53. The lowest BCUT2D eigenvalue weighted by Gasteiger charge is -2.26.